The van der Waals surface area contributed by atoms with E-state index in [-0.39, 0.29) is 0 Å². The summed E-state index contributed by atoms with van der Waals surface area (Å²) in [5.74, 6) is 1.71. The van der Waals surface area contributed by atoms with Gasteiger partial charge < -0.3 is 14.6 Å². The normalized spacial score (nSPS) is 12.0. The maximum atomic E-state index is 5.94. The number of hydrogen-bond acceptors (Lipinski definition) is 2. The molecule has 92 valence electrons. The number of ether oxygens (including phenoxy) is 1. The molecule has 0 amide bonds. The molecule has 0 spiro atoms. The number of benzene rings is 2. The average molecular weight is 248 g/mol. The van der Waals surface area contributed by atoms with Gasteiger partial charge in [0.05, 0.1) is 11.4 Å². The van der Waals surface area contributed by atoms with E-state index < -0.39 is 0 Å². The molecule has 1 aromatic heterocycles. The van der Waals surface area contributed by atoms with Gasteiger partial charge in [0.1, 0.15) is 5.69 Å². The number of aromatic nitrogens is 1. The Morgan fingerprint density at radius 1 is 0.789 bits per heavy atom. The molecular weight excluding hydrogens is 236 g/mol. The highest BCUT2D eigenvalue weighted by Gasteiger charge is 2.18. The lowest BCUT2D eigenvalue weighted by Gasteiger charge is -2.24. The molecule has 1 N–H and O–H groups in total. The van der Waals surface area contributed by atoms with E-state index in [1.165, 1.54) is 0 Å². The lowest BCUT2D eigenvalue weighted by atomic mass is 10.2. The van der Waals surface area contributed by atoms with E-state index >= 15 is 0 Å². The molecule has 1 aliphatic rings. The van der Waals surface area contributed by atoms with Crippen molar-refractivity contribution in [2.45, 2.75) is 0 Å². The Bertz CT molecular complexity index is 732. The summed E-state index contributed by atoms with van der Waals surface area (Å²) in [5, 5.41) is 3.45. The van der Waals surface area contributed by atoms with E-state index in [9.17, 15) is 0 Å². The molecular formula is C16H12N2O. The molecule has 3 nitrogen and oxygen atoms in total. The van der Waals surface area contributed by atoms with Crippen LogP contribution < -0.4 is 10.1 Å². The molecule has 3 heteroatoms. The van der Waals surface area contributed by atoms with Crippen molar-refractivity contribution in [2.24, 2.45) is 0 Å². The van der Waals surface area contributed by atoms with Crippen LogP contribution in [0.5, 0.6) is 11.5 Å². The first-order chi connectivity index (χ1) is 9.42. The second-order valence-corrected chi connectivity index (χ2v) is 4.46. The van der Waals surface area contributed by atoms with E-state index in [1.807, 2.05) is 60.9 Å². The number of nitrogens with zero attached hydrogens (tertiary/aromatic N) is 1. The van der Waals surface area contributed by atoms with Crippen molar-refractivity contribution in [1.29, 1.82) is 0 Å². The fourth-order valence-corrected chi connectivity index (χ4v) is 2.35. The summed E-state index contributed by atoms with van der Waals surface area (Å²) in [6.07, 6.45) is 4.05. The minimum atomic E-state index is 0.852. The number of nitrogens with one attached hydrogen (secondary N) is 1. The zero-order valence-electron chi connectivity index (χ0n) is 10.2. The van der Waals surface area contributed by atoms with Gasteiger partial charge in [0.15, 0.2) is 11.5 Å². The van der Waals surface area contributed by atoms with Crippen molar-refractivity contribution in [3.05, 3.63) is 67.0 Å². The largest absolute Gasteiger partial charge is 0.453 e. The van der Waals surface area contributed by atoms with E-state index in [2.05, 4.69) is 16.0 Å². The third-order valence-electron chi connectivity index (χ3n) is 3.25. The molecule has 0 bridgehead atoms. The summed E-state index contributed by atoms with van der Waals surface area (Å²) in [6, 6.07) is 18.0. The summed E-state index contributed by atoms with van der Waals surface area (Å²) < 4.78 is 8.01. The van der Waals surface area contributed by atoms with E-state index in [0.717, 1.165) is 28.6 Å². The van der Waals surface area contributed by atoms with Crippen LogP contribution >= 0.6 is 0 Å². The predicted molar refractivity (Wildman–Crippen MR) is 75.6 cm³/mol. The molecule has 0 fully saturated rings. The van der Waals surface area contributed by atoms with Crippen molar-refractivity contribution < 1.29 is 4.74 Å². The van der Waals surface area contributed by atoms with Gasteiger partial charge in [-0.25, -0.2) is 0 Å². The van der Waals surface area contributed by atoms with Gasteiger partial charge in [-0.15, -0.1) is 0 Å². The fraction of sp³-hybridized carbons (Fsp3) is 0. The minimum absolute atomic E-state index is 0.852. The van der Waals surface area contributed by atoms with Crippen LogP contribution in [0.2, 0.25) is 0 Å². The number of hydrogen-bond donors (Lipinski definition) is 1. The first-order valence-electron chi connectivity index (χ1n) is 6.22. The maximum absolute atomic E-state index is 5.94. The molecule has 0 saturated heterocycles. The van der Waals surface area contributed by atoms with E-state index in [0.29, 0.717) is 0 Å². The van der Waals surface area contributed by atoms with Crippen LogP contribution in [-0.4, -0.2) is 4.57 Å². The van der Waals surface area contributed by atoms with E-state index in [1.54, 1.807) is 0 Å². The highest BCUT2D eigenvalue weighted by molar-refractivity contribution is 5.81. The monoisotopic (exact) mass is 248 g/mol. The van der Waals surface area contributed by atoms with Gasteiger partial charge in [0, 0.05) is 12.4 Å². The van der Waals surface area contributed by atoms with E-state index in [4.69, 9.17) is 4.74 Å². The second-order valence-electron chi connectivity index (χ2n) is 4.46. The molecule has 0 unspecified atom stereocenters. The van der Waals surface area contributed by atoms with Crippen LogP contribution in [0.15, 0.2) is 67.0 Å². The number of anilines is 2. The number of para-hydroxylation sites is 3. The van der Waals surface area contributed by atoms with Crippen LogP contribution in [0.3, 0.4) is 0 Å². The summed E-state index contributed by atoms with van der Waals surface area (Å²) >= 11 is 0. The van der Waals surface area contributed by atoms with Crippen LogP contribution in [0.4, 0.5) is 11.4 Å². The van der Waals surface area contributed by atoms with Crippen molar-refractivity contribution in [2.75, 3.05) is 5.32 Å². The Balaban J connectivity index is 1.88. The molecule has 4 rings (SSSR count). The van der Waals surface area contributed by atoms with Crippen LogP contribution in [0.25, 0.3) is 5.69 Å². The molecule has 3 aromatic rings. The zero-order chi connectivity index (χ0) is 12.7. The fourth-order valence-electron chi connectivity index (χ4n) is 2.35. The average Bonchev–Trinajstić information content (AvgIpc) is 2.98. The lowest BCUT2D eigenvalue weighted by Crippen LogP contribution is -2.06. The Labute approximate surface area is 111 Å². The van der Waals surface area contributed by atoms with Gasteiger partial charge >= 0.3 is 0 Å². The zero-order valence-corrected chi connectivity index (χ0v) is 10.2. The molecule has 2 aromatic carbocycles. The van der Waals surface area contributed by atoms with Gasteiger partial charge in [0.2, 0.25) is 0 Å². The Morgan fingerprint density at radius 3 is 2.47 bits per heavy atom. The van der Waals surface area contributed by atoms with Crippen LogP contribution in [-0.2, 0) is 0 Å². The standard InChI is InChI=1S/C16H12N2O/c1-2-8-14-12(6-1)17-16-13(18-10-3-4-11-18)7-5-9-15(16)19-14/h1-11,17H. The van der Waals surface area contributed by atoms with Gasteiger partial charge in [-0.05, 0) is 36.4 Å². The molecule has 1 aliphatic heterocycles. The number of fused-ring (bicyclic) bond motifs is 2. The maximum Gasteiger partial charge on any atom is 0.153 e. The first kappa shape index (κ1) is 10.3. The molecule has 0 radical (unpaired) electrons. The Kier molecular flexibility index (Phi) is 2.12. The lowest BCUT2D eigenvalue weighted by molar-refractivity contribution is 0.481. The Morgan fingerprint density at radius 2 is 1.58 bits per heavy atom. The van der Waals surface area contributed by atoms with Crippen LogP contribution in [0, 0.1) is 0 Å². The van der Waals surface area contributed by atoms with Gasteiger partial charge in [0.25, 0.3) is 0 Å². The third kappa shape index (κ3) is 1.59. The Hall–Kier alpha value is -2.68. The van der Waals surface area contributed by atoms with Crippen molar-refractivity contribution in [3.63, 3.8) is 0 Å². The number of rotatable bonds is 1. The highest BCUT2D eigenvalue weighted by atomic mass is 16.5. The smallest absolute Gasteiger partial charge is 0.153 e. The van der Waals surface area contributed by atoms with Gasteiger partial charge in [-0.3, -0.25) is 0 Å². The van der Waals surface area contributed by atoms with Gasteiger partial charge in [-0.1, -0.05) is 18.2 Å². The van der Waals surface area contributed by atoms with Crippen molar-refractivity contribution >= 4 is 11.4 Å². The molecule has 2 heterocycles. The molecule has 0 aliphatic carbocycles. The summed E-state index contributed by atoms with van der Waals surface area (Å²) in [6.45, 7) is 0. The quantitative estimate of drug-likeness (QED) is 0.542. The second kappa shape index (κ2) is 3.92. The summed E-state index contributed by atoms with van der Waals surface area (Å²) in [4.78, 5) is 0. The van der Waals surface area contributed by atoms with Crippen LogP contribution in [0.1, 0.15) is 0 Å². The first-order valence-corrected chi connectivity index (χ1v) is 6.22. The summed E-state index contributed by atoms with van der Waals surface area (Å²) in [5.41, 5.74) is 3.07. The highest BCUT2D eigenvalue weighted by Crippen LogP contribution is 2.44. The predicted octanol–water partition coefficient (Wildman–Crippen LogP) is 4.33. The third-order valence-corrected chi connectivity index (χ3v) is 3.25. The minimum Gasteiger partial charge on any atom is -0.453 e. The SMILES string of the molecule is c1ccc2c(c1)Nc1c(cccc1-n1cccc1)O2. The molecule has 0 atom stereocenters. The van der Waals surface area contributed by atoms with Crippen molar-refractivity contribution in [1.82, 2.24) is 4.57 Å². The summed E-state index contributed by atoms with van der Waals surface area (Å²) in [7, 11) is 0. The molecule has 0 saturated carbocycles. The molecule has 19 heavy (non-hydrogen) atoms. The van der Waals surface area contributed by atoms with Gasteiger partial charge in [-0.2, -0.15) is 0 Å². The van der Waals surface area contributed by atoms with Crippen molar-refractivity contribution in [3.8, 4) is 17.2 Å². The topological polar surface area (TPSA) is 26.2 Å².